The number of unbranched alkanes of at least 4 members (excludes halogenated alkanes) is 4. The summed E-state index contributed by atoms with van der Waals surface area (Å²) in [7, 11) is 0. The summed E-state index contributed by atoms with van der Waals surface area (Å²) >= 11 is 9.43. The predicted octanol–water partition coefficient (Wildman–Crippen LogP) is 3.44. The van der Waals surface area contributed by atoms with Crippen LogP contribution >= 0.6 is 0 Å². The maximum absolute atomic E-state index is 4.72. The number of rotatable bonds is 6. The van der Waals surface area contributed by atoms with Gasteiger partial charge in [0.25, 0.3) is 0 Å². The molecule has 0 aliphatic heterocycles. The van der Waals surface area contributed by atoms with Crippen LogP contribution in [0.25, 0.3) is 0 Å². The summed E-state index contributed by atoms with van der Waals surface area (Å²) in [5.74, 6) is 1.88. The fourth-order valence-electron chi connectivity index (χ4n) is 0.704. The first kappa shape index (κ1) is 19.8. The predicted molar refractivity (Wildman–Crippen MR) is 63.5 cm³/mol. The van der Waals surface area contributed by atoms with Crippen molar-refractivity contribution in [2.75, 3.05) is 11.5 Å². The second-order valence-corrected chi connectivity index (χ2v) is 3.64. The Labute approximate surface area is 108 Å². The van der Waals surface area contributed by atoms with Crippen molar-refractivity contribution in [3.8, 4) is 0 Å². The van der Waals surface area contributed by atoms with Gasteiger partial charge in [0.2, 0.25) is 0 Å². The van der Waals surface area contributed by atoms with Crippen molar-refractivity contribution in [1.82, 2.24) is 0 Å². The van der Waals surface area contributed by atoms with Gasteiger partial charge in [-0.15, -0.1) is 0 Å². The second-order valence-electron chi connectivity index (χ2n) is 2.82. The third-order valence-corrected chi connectivity index (χ3v) is 2.07. The van der Waals surface area contributed by atoms with E-state index in [1.54, 1.807) is 0 Å². The third kappa shape index (κ3) is 31.9. The van der Waals surface area contributed by atoms with E-state index in [-0.39, 0.29) is 19.5 Å². The Morgan fingerprint density at radius 3 is 1.08 bits per heavy atom. The Kier molecular flexibility index (Phi) is 35.5. The molecule has 0 aromatic carbocycles. The number of hydrogen-bond donors (Lipinski definition) is 0. The molecule has 0 saturated heterocycles. The van der Waals surface area contributed by atoms with Crippen LogP contribution in [0.3, 0.4) is 0 Å². The first-order valence-electron chi connectivity index (χ1n) is 4.99. The van der Waals surface area contributed by atoms with E-state index in [0.717, 1.165) is 11.5 Å². The van der Waals surface area contributed by atoms with Gasteiger partial charge in [-0.2, -0.15) is 11.5 Å². The summed E-state index contributed by atoms with van der Waals surface area (Å²) in [6.45, 7) is 4.37. The van der Waals surface area contributed by atoms with Crippen LogP contribution in [-0.4, -0.2) is 11.5 Å². The van der Waals surface area contributed by atoms with E-state index < -0.39 is 0 Å². The van der Waals surface area contributed by atoms with E-state index in [9.17, 15) is 0 Å². The van der Waals surface area contributed by atoms with Crippen LogP contribution in [0.4, 0.5) is 0 Å². The molecule has 0 unspecified atom stereocenters. The molecule has 0 rings (SSSR count). The van der Waals surface area contributed by atoms with Gasteiger partial charge in [-0.1, -0.05) is 52.4 Å². The molecule has 0 aliphatic rings. The van der Waals surface area contributed by atoms with E-state index in [4.69, 9.17) is 25.3 Å². The molecule has 0 nitrogen and oxygen atoms in total. The molecule has 0 bridgehead atoms. The van der Waals surface area contributed by atoms with Crippen LogP contribution in [-0.2, 0) is 44.7 Å². The minimum absolute atomic E-state index is 0. The maximum Gasteiger partial charge on any atom is 2.00 e. The first-order chi connectivity index (χ1) is 5.83. The molecule has 0 amide bonds. The average molecular weight is 272 g/mol. The Balaban J connectivity index is -0.000000143. The van der Waals surface area contributed by atoms with Gasteiger partial charge in [0.15, 0.2) is 0 Å². The van der Waals surface area contributed by atoms with Crippen LogP contribution in [0.1, 0.15) is 52.4 Å². The molecule has 0 N–H and O–H groups in total. The van der Waals surface area contributed by atoms with Gasteiger partial charge in [-0.3, -0.25) is 0 Å². The van der Waals surface area contributed by atoms with Crippen LogP contribution < -0.4 is 0 Å². The van der Waals surface area contributed by atoms with Gasteiger partial charge in [-0.05, 0) is 0 Å². The second kappa shape index (κ2) is 23.3. The molecule has 3 heteroatoms. The topological polar surface area (TPSA) is 0 Å². The molecule has 76 valence electrons. The van der Waals surface area contributed by atoms with Crippen molar-refractivity contribution in [3.05, 3.63) is 0 Å². The van der Waals surface area contributed by atoms with Gasteiger partial charge in [-0.25, -0.2) is 0 Å². The summed E-state index contributed by atoms with van der Waals surface area (Å²) in [5, 5.41) is 0. The summed E-state index contributed by atoms with van der Waals surface area (Å²) in [6, 6.07) is 0. The molecule has 0 heterocycles. The molecule has 0 radical (unpaired) electrons. The molecule has 0 aromatic heterocycles. The van der Waals surface area contributed by atoms with Gasteiger partial charge in [0.05, 0.1) is 0 Å². The fraction of sp³-hybridized carbons (Fsp3) is 1.00. The minimum Gasteiger partial charge on any atom is -0.793 e. The molecular weight excluding hydrogens is 250 g/mol. The molecule has 13 heavy (non-hydrogen) atoms. The summed E-state index contributed by atoms with van der Waals surface area (Å²) in [6.07, 6.45) is 7.65. The van der Waals surface area contributed by atoms with Gasteiger partial charge in [0, 0.05) is 0 Å². The van der Waals surface area contributed by atoms with Crippen LogP contribution in [0, 0.1) is 0 Å². The zero-order valence-electron chi connectivity index (χ0n) is 9.18. The quantitative estimate of drug-likeness (QED) is 0.412. The van der Waals surface area contributed by atoms with Gasteiger partial charge < -0.3 is 25.3 Å². The van der Waals surface area contributed by atoms with E-state index in [2.05, 4.69) is 13.8 Å². The first-order valence-corrected chi connectivity index (χ1v) is 6.15. The standard InChI is InChI=1S/2C5H12S.Zn/c2*1-2-3-4-5-6;/h2*6H,2-5H2,1H3;/q;;+2/p-2. The summed E-state index contributed by atoms with van der Waals surface area (Å²) in [5.41, 5.74) is 0. The van der Waals surface area contributed by atoms with Crippen molar-refractivity contribution in [1.29, 1.82) is 0 Å². The van der Waals surface area contributed by atoms with Crippen molar-refractivity contribution in [2.45, 2.75) is 52.4 Å². The van der Waals surface area contributed by atoms with Crippen LogP contribution in [0.15, 0.2) is 0 Å². The van der Waals surface area contributed by atoms with Gasteiger partial charge in [0.1, 0.15) is 0 Å². The molecule has 0 fully saturated rings. The van der Waals surface area contributed by atoms with Crippen molar-refractivity contribution in [3.63, 3.8) is 0 Å². The molecule has 0 saturated carbocycles. The maximum atomic E-state index is 4.72. The van der Waals surface area contributed by atoms with Crippen molar-refractivity contribution in [2.24, 2.45) is 0 Å². The largest absolute Gasteiger partial charge is 2.00 e. The van der Waals surface area contributed by atoms with E-state index >= 15 is 0 Å². The van der Waals surface area contributed by atoms with Gasteiger partial charge >= 0.3 is 19.5 Å². The minimum atomic E-state index is 0. The molecule has 0 aliphatic carbocycles. The number of hydrogen-bond acceptors (Lipinski definition) is 2. The molecule has 0 atom stereocenters. The Hall–Kier alpha value is 1.32. The van der Waals surface area contributed by atoms with Crippen LogP contribution in [0.2, 0.25) is 0 Å². The van der Waals surface area contributed by atoms with E-state index in [1.807, 2.05) is 0 Å². The molecular formula is C10H22S2Zn. The zero-order valence-corrected chi connectivity index (χ0v) is 13.8. The normalized spacial score (nSPS) is 8.31. The Morgan fingerprint density at radius 2 is 1.00 bits per heavy atom. The fourth-order valence-corrected chi connectivity index (χ4v) is 1.11. The van der Waals surface area contributed by atoms with Crippen molar-refractivity contribution >= 4 is 25.3 Å². The third-order valence-electron chi connectivity index (χ3n) is 1.50. The smallest absolute Gasteiger partial charge is 0.793 e. The molecule has 0 aromatic rings. The monoisotopic (exact) mass is 270 g/mol. The van der Waals surface area contributed by atoms with Crippen molar-refractivity contribution < 1.29 is 19.5 Å². The Bertz CT molecular complexity index is 44.9. The zero-order chi connectivity index (χ0) is 9.66. The summed E-state index contributed by atoms with van der Waals surface area (Å²) in [4.78, 5) is 0. The molecule has 0 spiro atoms. The Morgan fingerprint density at radius 1 is 0.692 bits per heavy atom. The average Bonchev–Trinajstić information content (AvgIpc) is 2.12. The van der Waals surface area contributed by atoms with E-state index in [1.165, 1.54) is 38.5 Å². The van der Waals surface area contributed by atoms with E-state index in [0.29, 0.717) is 0 Å². The summed E-state index contributed by atoms with van der Waals surface area (Å²) < 4.78 is 0. The van der Waals surface area contributed by atoms with Crippen LogP contribution in [0.5, 0.6) is 0 Å². The SMILES string of the molecule is CCCCC[S-].CCCCC[S-].[Zn+2].